The van der Waals surface area contributed by atoms with Crippen LogP contribution < -0.4 is 10.6 Å². The fraction of sp³-hybridized carbons (Fsp3) is 0.533. The van der Waals surface area contributed by atoms with E-state index >= 15 is 0 Å². The van der Waals surface area contributed by atoms with Crippen molar-refractivity contribution in [3.8, 4) is 0 Å². The van der Waals surface area contributed by atoms with Crippen LogP contribution in [-0.2, 0) is 4.79 Å². The van der Waals surface area contributed by atoms with Crippen LogP contribution in [0.15, 0.2) is 24.3 Å². The molecule has 2 N–H and O–H groups in total. The highest BCUT2D eigenvalue weighted by Crippen LogP contribution is 2.22. The van der Waals surface area contributed by atoms with Crippen molar-refractivity contribution in [3.05, 3.63) is 29.3 Å². The van der Waals surface area contributed by atoms with Gasteiger partial charge in [0.15, 0.2) is 0 Å². The van der Waals surface area contributed by atoms with Gasteiger partial charge in [-0.2, -0.15) is 0 Å². The monoisotopic (exact) mass is 295 g/mol. The van der Waals surface area contributed by atoms with E-state index in [1.165, 1.54) is 0 Å². The van der Waals surface area contributed by atoms with Crippen LogP contribution in [0.5, 0.6) is 0 Å². The normalized spacial score (nSPS) is 18.8. The maximum atomic E-state index is 12.0. The van der Waals surface area contributed by atoms with Crippen LogP contribution in [0.2, 0.25) is 5.02 Å². The second-order valence-corrected chi connectivity index (χ2v) is 6.02. The highest BCUT2D eigenvalue weighted by molar-refractivity contribution is 6.33. The number of rotatable bonds is 4. The first kappa shape index (κ1) is 15.3. The number of anilines is 1. The molecule has 0 aliphatic carbocycles. The van der Waals surface area contributed by atoms with Gasteiger partial charge in [0.2, 0.25) is 5.91 Å². The number of nitrogens with zero attached hydrogens (tertiary/aromatic N) is 1. The van der Waals surface area contributed by atoms with Crippen molar-refractivity contribution in [2.24, 2.45) is 0 Å². The number of para-hydroxylation sites is 1. The number of hydrogen-bond acceptors (Lipinski definition) is 3. The molecule has 0 radical (unpaired) electrons. The van der Waals surface area contributed by atoms with Crippen LogP contribution in [0.1, 0.15) is 19.8 Å². The van der Waals surface area contributed by atoms with Gasteiger partial charge < -0.3 is 10.6 Å². The van der Waals surface area contributed by atoms with Crippen LogP contribution >= 0.6 is 11.6 Å². The number of piperidine rings is 1. The number of halogens is 1. The molecule has 1 heterocycles. The van der Waals surface area contributed by atoms with Crippen molar-refractivity contribution in [3.63, 3.8) is 0 Å². The Morgan fingerprint density at radius 1 is 1.35 bits per heavy atom. The second-order valence-electron chi connectivity index (χ2n) is 5.61. The van der Waals surface area contributed by atoms with Crippen molar-refractivity contribution in [2.45, 2.75) is 25.3 Å². The van der Waals surface area contributed by atoms with Crippen LogP contribution in [0.3, 0.4) is 0 Å². The molecule has 5 heteroatoms. The molecule has 0 saturated carbocycles. The summed E-state index contributed by atoms with van der Waals surface area (Å²) >= 11 is 6.03. The highest BCUT2D eigenvalue weighted by Gasteiger charge is 2.28. The number of carbonyl (C=O) groups is 1. The van der Waals surface area contributed by atoms with Gasteiger partial charge >= 0.3 is 0 Å². The maximum absolute atomic E-state index is 12.0. The molecule has 1 aliphatic heterocycles. The average molecular weight is 296 g/mol. The third kappa shape index (κ3) is 3.95. The van der Waals surface area contributed by atoms with Gasteiger partial charge in [-0.15, -0.1) is 0 Å². The number of amides is 1. The van der Waals surface area contributed by atoms with Gasteiger partial charge in [0.25, 0.3) is 0 Å². The van der Waals surface area contributed by atoms with Crippen LogP contribution in [-0.4, -0.2) is 43.0 Å². The summed E-state index contributed by atoms with van der Waals surface area (Å²) in [5.41, 5.74) is 0.881. The number of carbonyl (C=O) groups excluding carboxylic acids is 1. The van der Waals surface area contributed by atoms with E-state index in [0.29, 0.717) is 17.3 Å². The Balaban J connectivity index is 1.83. The van der Waals surface area contributed by atoms with Gasteiger partial charge in [0.05, 0.1) is 17.3 Å². The molecule has 110 valence electrons. The molecular formula is C15H22ClN3O. The molecular weight excluding hydrogens is 274 g/mol. The summed E-state index contributed by atoms with van der Waals surface area (Å²) in [5, 5.41) is 6.79. The lowest BCUT2D eigenvalue weighted by molar-refractivity contribution is -0.117. The van der Waals surface area contributed by atoms with E-state index < -0.39 is 0 Å². The minimum absolute atomic E-state index is 0.00818. The predicted molar refractivity (Wildman–Crippen MR) is 83.2 cm³/mol. The van der Waals surface area contributed by atoms with Gasteiger partial charge in [-0.3, -0.25) is 9.69 Å². The van der Waals surface area contributed by atoms with Gasteiger partial charge in [-0.1, -0.05) is 23.7 Å². The van der Waals surface area contributed by atoms with Crippen molar-refractivity contribution in [1.82, 2.24) is 10.2 Å². The van der Waals surface area contributed by atoms with Crippen molar-refractivity contribution < 1.29 is 4.79 Å². The Morgan fingerprint density at radius 2 is 2.00 bits per heavy atom. The first-order chi connectivity index (χ1) is 9.52. The molecule has 1 aliphatic rings. The van der Waals surface area contributed by atoms with E-state index in [0.717, 1.165) is 25.9 Å². The molecule has 20 heavy (non-hydrogen) atoms. The lowest BCUT2D eigenvalue weighted by Gasteiger charge is -2.39. The first-order valence-corrected chi connectivity index (χ1v) is 7.36. The zero-order chi connectivity index (χ0) is 14.6. The zero-order valence-electron chi connectivity index (χ0n) is 12.1. The number of hydrogen-bond donors (Lipinski definition) is 2. The largest absolute Gasteiger partial charge is 0.324 e. The summed E-state index contributed by atoms with van der Waals surface area (Å²) in [5.74, 6) is -0.00818. The van der Waals surface area contributed by atoms with E-state index in [-0.39, 0.29) is 11.4 Å². The van der Waals surface area contributed by atoms with Gasteiger partial charge in [-0.05, 0) is 38.9 Å². The Morgan fingerprint density at radius 3 is 2.60 bits per heavy atom. The molecule has 0 unspecified atom stereocenters. The minimum atomic E-state index is -0.00818. The first-order valence-electron chi connectivity index (χ1n) is 6.98. The highest BCUT2D eigenvalue weighted by atomic mass is 35.5. The third-order valence-corrected chi connectivity index (χ3v) is 4.41. The number of benzene rings is 1. The Bertz CT molecular complexity index is 470. The molecule has 1 amide bonds. The Hall–Kier alpha value is -1.10. The number of likely N-dealkylation sites (tertiary alicyclic amines) is 1. The Kier molecular flexibility index (Phi) is 5.02. The Labute approximate surface area is 125 Å². The fourth-order valence-electron chi connectivity index (χ4n) is 2.41. The fourth-order valence-corrected chi connectivity index (χ4v) is 2.59. The third-order valence-electron chi connectivity index (χ3n) is 4.08. The topological polar surface area (TPSA) is 44.4 Å². The molecule has 0 bridgehead atoms. The predicted octanol–water partition coefficient (Wildman–Crippen LogP) is 2.35. The van der Waals surface area contributed by atoms with Crippen molar-refractivity contribution in [2.75, 3.05) is 32.0 Å². The van der Waals surface area contributed by atoms with Crippen molar-refractivity contribution >= 4 is 23.2 Å². The molecule has 4 nitrogen and oxygen atoms in total. The minimum Gasteiger partial charge on any atom is -0.324 e. The summed E-state index contributed by atoms with van der Waals surface area (Å²) in [6.45, 7) is 4.53. The summed E-state index contributed by atoms with van der Waals surface area (Å²) in [6.07, 6.45) is 2.12. The molecule has 0 aromatic heterocycles. The summed E-state index contributed by atoms with van der Waals surface area (Å²) < 4.78 is 0. The smallest absolute Gasteiger partial charge is 0.238 e. The SMILES string of the molecule is CNC1(C)CCN(CC(=O)Nc2ccccc2Cl)CC1. The zero-order valence-corrected chi connectivity index (χ0v) is 12.8. The summed E-state index contributed by atoms with van der Waals surface area (Å²) in [6, 6.07) is 7.30. The molecule has 1 fully saturated rings. The molecule has 0 atom stereocenters. The van der Waals surface area contributed by atoms with E-state index in [9.17, 15) is 4.79 Å². The lowest BCUT2D eigenvalue weighted by atomic mass is 9.90. The summed E-state index contributed by atoms with van der Waals surface area (Å²) in [4.78, 5) is 14.2. The quantitative estimate of drug-likeness (QED) is 0.896. The lowest BCUT2D eigenvalue weighted by Crippen LogP contribution is -2.51. The molecule has 2 rings (SSSR count). The van der Waals surface area contributed by atoms with Crippen LogP contribution in [0.25, 0.3) is 0 Å². The van der Waals surface area contributed by atoms with Crippen LogP contribution in [0, 0.1) is 0 Å². The van der Waals surface area contributed by atoms with Crippen molar-refractivity contribution in [1.29, 1.82) is 0 Å². The second kappa shape index (κ2) is 6.57. The van der Waals surface area contributed by atoms with E-state index in [1.807, 2.05) is 25.2 Å². The van der Waals surface area contributed by atoms with Gasteiger partial charge in [0.1, 0.15) is 0 Å². The number of nitrogens with one attached hydrogen (secondary N) is 2. The van der Waals surface area contributed by atoms with E-state index in [1.54, 1.807) is 6.07 Å². The molecule has 1 aromatic carbocycles. The average Bonchev–Trinajstić information content (AvgIpc) is 2.44. The van der Waals surface area contributed by atoms with E-state index in [2.05, 4.69) is 22.5 Å². The standard InChI is InChI=1S/C15H22ClN3O/c1-15(17-2)7-9-19(10-8-15)11-14(20)18-13-6-4-3-5-12(13)16/h3-6,17H,7-11H2,1-2H3,(H,18,20). The van der Waals surface area contributed by atoms with Gasteiger partial charge in [0, 0.05) is 18.6 Å². The molecule has 1 saturated heterocycles. The molecule has 1 aromatic rings. The van der Waals surface area contributed by atoms with Gasteiger partial charge in [-0.25, -0.2) is 0 Å². The molecule has 0 spiro atoms. The summed E-state index contributed by atoms with van der Waals surface area (Å²) in [7, 11) is 2.00. The maximum Gasteiger partial charge on any atom is 0.238 e. The van der Waals surface area contributed by atoms with Crippen LogP contribution in [0.4, 0.5) is 5.69 Å². The van der Waals surface area contributed by atoms with E-state index in [4.69, 9.17) is 11.6 Å².